The fraction of sp³-hybridized carbons (Fsp3) is 0.308. The highest BCUT2D eigenvalue weighted by molar-refractivity contribution is 5.64. The Morgan fingerprint density at radius 3 is 2.69 bits per heavy atom. The van der Waals surface area contributed by atoms with E-state index in [2.05, 4.69) is 24.1 Å². The zero-order chi connectivity index (χ0) is 11.4. The van der Waals surface area contributed by atoms with Crippen LogP contribution in [-0.4, -0.2) is 11.0 Å². The second-order valence-corrected chi connectivity index (χ2v) is 4.03. The molecule has 0 aliphatic rings. The number of rotatable bonds is 4. The van der Waals surface area contributed by atoms with Crippen LogP contribution in [0.2, 0.25) is 0 Å². The van der Waals surface area contributed by atoms with Crippen LogP contribution in [0.5, 0.6) is 0 Å². The van der Waals surface area contributed by atoms with Crippen molar-refractivity contribution < 1.29 is 4.42 Å². The van der Waals surface area contributed by atoms with E-state index in [-0.39, 0.29) is 0 Å². The molecule has 0 saturated heterocycles. The molecule has 0 spiro atoms. The predicted molar refractivity (Wildman–Crippen MR) is 63.9 cm³/mol. The topological polar surface area (TPSA) is 38.1 Å². The summed E-state index contributed by atoms with van der Waals surface area (Å²) in [7, 11) is 0. The molecule has 0 aliphatic heterocycles. The van der Waals surface area contributed by atoms with Crippen molar-refractivity contribution in [2.75, 3.05) is 0 Å². The molecule has 2 aromatic heterocycles. The van der Waals surface area contributed by atoms with Crippen LogP contribution in [0.4, 0.5) is 0 Å². The van der Waals surface area contributed by atoms with Crippen LogP contribution in [-0.2, 0) is 6.54 Å². The van der Waals surface area contributed by atoms with Gasteiger partial charge in [-0.25, -0.2) is 0 Å². The maximum Gasteiger partial charge on any atom is 0.125 e. The summed E-state index contributed by atoms with van der Waals surface area (Å²) in [6.45, 7) is 4.99. The van der Waals surface area contributed by atoms with E-state index in [1.807, 2.05) is 18.2 Å². The Balaban J connectivity index is 2.19. The average molecular weight is 216 g/mol. The van der Waals surface area contributed by atoms with Gasteiger partial charge in [0.1, 0.15) is 5.76 Å². The largest absolute Gasteiger partial charge is 0.467 e. The van der Waals surface area contributed by atoms with Gasteiger partial charge in [-0.3, -0.25) is 4.98 Å². The Labute approximate surface area is 95.5 Å². The van der Waals surface area contributed by atoms with Gasteiger partial charge in [-0.2, -0.15) is 0 Å². The van der Waals surface area contributed by atoms with E-state index in [9.17, 15) is 0 Å². The van der Waals surface area contributed by atoms with Gasteiger partial charge in [-0.1, -0.05) is 13.8 Å². The van der Waals surface area contributed by atoms with Crippen LogP contribution in [0, 0.1) is 0 Å². The third kappa shape index (κ3) is 2.49. The minimum atomic E-state index is 0.454. The number of hydrogen-bond donors (Lipinski definition) is 1. The lowest BCUT2D eigenvalue weighted by Crippen LogP contribution is -2.21. The Kier molecular flexibility index (Phi) is 3.37. The highest BCUT2D eigenvalue weighted by atomic mass is 16.3. The van der Waals surface area contributed by atoms with Crippen molar-refractivity contribution in [1.29, 1.82) is 0 Å². The fourth-order valence-corrected chi connectivity index (χ4v) is 1.56. The van der Waals surface area contributed by atoms with Gasteiger partial charge >= 0.3 is 0 Å². The van der Waals surface area contributed by atoms with E-state index >= 15 is 0 Å². The molecule has 3 heteroatoms. The number of pyridine rings is 1. The number of hydrogen-bond acceptors (Lipinski definition) is 3. The molecule has 2 aromatic rings. The molecular weight excluding hydrogens is 200 g/mol. The molecule has 2 heterocycles. The molecule has 0 atom stereocenters. The van der Waals surface area contributed by atoms with Crippen LogP contribution in [0.15, 0.2) is 41.3 Å². The lowest BCUT2D eigenvalue weighted by Gasteiger charge is -2.07. The molecule has 0 amide bonds. The molecule has 0 unspecified atom stereocenters. The SMILES string of the molecule is CC(C)NCc1occc1-c1ccncc1. The molecule has 16 heavy (non-hydrogen) atoms. The van der Waals surface area contributed by atoms with E-state index in [1.54, 1.807) is 18.7 Å². The molecule has 0 aliphatic carbocycles. The quantitative estimate of drug-likeness (QED) is 0.854. The van der Waals surface area contributed by atoms with Crippen molar-refractivity contribution in [1.82, 2.24) is 10.3 Å². The van der Waals surface area contributed by atoms with E-state index in [0.717, 1.165) is 23.4 Å². The lowest BCUT2D eigenvalue weighted by atomic mass is 10.1. The molecule has 0 aromatic carbocycles. The summed E-state index contributed by atoms with van der Waals surface area (Å²) in [4.78, 5) is 4.01. The van der Waals surface area contributed by atoms with Gasteiger partial charge in [-0.05, 0) is 23.8 Å². The van der Waals surface area contributed by atoms with Gasteiger partial charge < -0.3 is 9.73 Å². The van der Waals surface area contributed by atoms with Crippen LogP contribution in [0.3, 0.4) is 0 Å². The Morgan fingerprint density at radius 2 is 2.00 bits per heavy atom. The van der Waals surface area contributed by atoms with Gasteiger partial charge in [0, 0.05) is 24.0 Å². The molecule has 84 valence electrons. The zero-order valence-corrected chi connectivity index (χ0v) is 9.60. The monoisotopic (exact) mass is 216 g/mol. The minimum Gasteiger partial charge on any atom is -0.467 e. The van der Waals surface area contributed by atoms with Crippen molar-refractivity contribution >= 4 is 0 Å². The van der Waals surface area contributed by atoms with Crippen molar-refractivity contribution in [2.24, 2.45) is 0 Å². The van der Waals surface area contributed by atoms with E-state index in [1.165, 1.54) is 0 Å². The number of aromatic nitrogens is 1. The van der Waals surface area contributed by atoms with Gasteiger partial charge in [0.05, 0.1) is 12.8 Å². The van der Waals surface area contributed by atoms with E-state index in [0.29, 0.717) is 6.04 Å². The summed E-state index contributed by atoms with van der Waals surface area (Å²) < 4.78 is 5.49. The van der Waals surface area contributed by atoms with Gasteiger partial charge in [0.25, 0.3) is 0 Å². The molecule has 1 N–H and O–H groups in total. The molecule has 2 rings (SSSR count). The highest BCUT2D eigenvalue weighted by Crippen LogP contribution is 2.24. The molecule has 0 saturated carbocycles. The van der Waals surface area contributed by atoms with Crippen LogP contribution >= 0.6 is 0 Å². The van der Waals surface area contributed by atoms with E-state index < -0.39 is 0 Å². The number of nitrogens with one attached hydrogen (secondary N) is 1. The maximum atomic E-state index is 5.49. The van der Waals surface area contributed by atoms with Crippen molar-refractivity contribution in [3.05, 3.63) is 42.6 Å². The second kappa shape index (κ2) is 4.94. The first-order valence-electron chi connectivity index (χ1n) is 5.47. The second-order valence-electron chi connectivity index (χ2n) is 4.03. The van der Waals surface area contributed by atoms with Gasteiger partial charge in [0.2, 0.25) is 0 Å². The standard InChI is InChI=1S/C13H16N2O/c1-10(2)15-9-13-12(5-8-16-13)11-3-6-14-7-4-11/h3-8,10,15H,9H2,1-2H3. The first kappa shape index (κ1) is 10.9. The lowest BCUT2D eigenvalue weighted by molar-refractivity contribution is 0.466. The van der Waals surface area contributed by atoms with Crippen molar-refractivity contribution in [2.45, 2.75) is 26.4 Å². The van der Waals surface area contributed by atoms with Crippen LogP contribution in [0.25, 0.3) is 11.1 Å². The smallest absolute Gasteiger partial charge is 0.125 e. The predicted octanol–water partition coefficient (Wildman–Crippen LogP) is 2.84. The Bertz CT molecular complexity index is 434. The summed E-state index contributed by atoms with van der Waals surface area (Å²) >= 11 is 0. The minimum absolute atomic E-state index is 0.454. The Morgan fingerprint density at radius 1 is 1.25 bits per heavy atom. The third-order valence-corrected chi connectivity index (χ3v) is 2.41. The highest BCUT2D eigenvalue weighted by Gasteiger charge is 2.08. The number of furan rings is 1. The van der Waals surface area contributed by atoms with Gasteiger partial charge in [-0.15, -0.1) is 0 Å². The summed E-state index contributed by atoms with van der Waals surface area (Å²) in [6.07, 6.45) is 5.32. The van der Waals surface area contributed by atoms with Crippen LogP contribution < -0.4 is 5.32 Å². The van der Waals surface area contributed by atoms with E-state index in [4.69, 9.17) is 4.42 Å². The normalized spacial score (nSPS) is 10.9. The molecule has 0 fully saturated rings. The van der Waals surface area contributed by atoms with Crippen LogP contribution in [0.1, 0.15) is 19.6 Å². The summed E-state index contributed by atoms with van der Waals surface area (Å²) in [6, 6.07) is 6.43. The Hall–Kier alpha value is -1.61. The average Bonchev–Trinajstić information content (AvgIpc) is 2.75. The number of nitrogens with zero attached hydrogens (tertiary/aromatic N) is 1. The zero-order valence-electron chi connectivity index (χ0n) is 9.60. The molecular formula is C13H16N2O. The van der Waals surface area contributed by atoms with Crippen molar-refractivity contribution in [3.63, 3.8) is 0 Å². The molecule has 0 bridgehead atoms. The molecule has 3 nitrogen and oxygen atoms in total. The van der Waals surface area contributed by atoms with Gasteiger partial charge in [0.15, 0.2) is 0 Å². The van der Waals surface area contributed by atoms with Crippen molar-refractivity contribution in [3.8, 4) is 11.1 Å². The summed E-state index contributed by atoms with van der Waals surface area (Å²) in [5.41, 5.74) is 2.28. The third-order valence-electron chi connectivity index (χ3n) is 2.41. The first-order chi connectivity index (χ1) is 7.77. The summed E-state index contributed by atoms with van der Waals surface area (Å²) in [5.74, 6) is 0.972. The summed E-state index contributed by atoms with van der Waals surface area (Å²) in [5, 5.41) is 3.35. The fourth-order valence-electron chi connectivity index (χ4n) is 1.56. The first-order valence-corrected chi connectivity index (χ1v) is 5.47. The maximum absolute atomic E-state index is 5.49. The molecule has 0 radical (unpaired) electrons.